The fourth-order valence-electron chi connectivity index (χ4n) is 2.39. The number of imidazole rings is 1. The highest BCUT2D eigenvalue weighted by Gasteiger charge is 2.16. The average Bonchev–Trinajstić information content (AvgIpc) is 2.73. The highest BCUT2D eigenvalue weighted by molar-refractivity contribution is 7.92. The lowest BCUT2D eigenvalue weighted by molar-refractivity contribution is 0.601. The minimum atomic E-state index is -3.62. The first-order chi connectivity index (χ1) is 10.4. The summed E-state index contributed by atoms with van der Waals surface area (Å²) >= 11 is 0. The fourth-order valence-corrected chi connectivity index (χ4v) is 3.46. The van der Waals surface area contributed by atoms with E-state index in [-0.39, 0.29) is 4.90 Å². The smallest absolute Gasteiger partial charge is 0.261 e. The number of anilines is 1. The summed E-state index contributed by atoms with van der Waals surface area (Å²) in [5, 5.41) is 0. The van der Waals surface area contributed by atoms with E-state index in [1.807, 2.05) is 37.6 Å². The third-order valence-electron chi connectivity index (χ3n) is 3.66. The van der Waals surface area contributed by atoms with Gasteiger partial charge in [0.1, 0.15) is 5.82 Å². The molecule has 0 aliphatic heterocycles. The maximum absolute atomic E-state index is 12.5. The Morgan fingerprint density at radius 3 is 2.59 bits per heavy atom. The molecule has 6 heteroatoms. The molecule has 0 aliphatic rings. The highest BCUT2D eigenvalue weighted by Crippen LogP contribution is 2.22. The van der Waals surface area contributed by atoms with Gasteiger partial charge in [0.05, 0.1) is 15.9 Å². The molecule has 1 aromatic heterocycles. The van der Waals surface area contributed by atoms with Crippen LogP contribution in [0, 0.1) is 13.8 Å². The van der Waals surface area contributed by atoms with Crippen LogP contribution in [0.2, 0.25) is 0 Å². The molecule has 0 unspecified atom stereocenters. The van der Waals surface area contributed by atoms with Crippen molar-refractivity contribution < 1.29 is 8.42 Å². The summed E-state index contributed by atoms with van der Waals surface area (Å²) in [5.74, 6) is 0.844. The summed E-state index contributed by atoms with van der Waals surface area (Å²) in [4.78, 5) is 4.59. The third kappa shape index (κ3) is 2.57. The van der Waals surface area contributed by atoms with Gasteiger partial charge in [-0.15, -0.1) is 0 Å². The molecule has 22 heavy (non-hydrogen) atoms. The molecule has 1 N–H and O–H groups in total. The van der Waals surface area contributed by atoms with Crippen LogP contribution in [0.1, 0.15) is 11.4 Å². The number of hydrogen-bond donors (Lipinski definition) is 1. The van der Waals surface area contributed by atoms with Crippen molar-refractivity contribution in [2.24, 2.45) is 7.05 Å². The second kappa shape index (κ2) is 5.14. The van der Waals surface area contributed by atoms with E-state index < -0.39 is 10.0 Å². The third-order valence-corrected chi connectivity index (χ3v) is 5.04. The van der Waals surface area contributed by atoms with Gasteiger partial charge in [-0.2, -0.15) is 0 Å². The molecule has 3 rings (SSSR count). The van der Waals surface area contributed by atoms with Crippen LogP contribution in [0.15, 0.2) is 47.4 Å². The zero-order valence-electron chi connectivity index (χ0n) is 12.7. The summed E-state index contributed by atoms with van der Waals surface area (Å²) in [5.41, 5.74) is 3.13. The van der Waals surface area contributed by atoms with Crippen molar-refractivity contribution in [3.63, 3.8) is 0 Å². The molecule has 0 amide bonds. The molecule has 0 saturated heterocycles. The van der Waals surface area contributed by atoms with Gasteiger partial charge < -0.3 is 4.57 Å². The van der Waals surface area contributed by atoms with E-state index in [1.165, 1.54) is 0 Å². The molecule has 1 heterocycles. The Balaban J connectivity index is 2.01. The van der Waals surface area contributed by atoms with Crippen LogP contribution >= 0.6 is 0 Å². The zero-order chi connectivity index (χ0) is 15.9. The lowest BCUT2D eigenvalue weighted by Gasteiger charge is -2.08. The zero-order valence-corrected chi connectivity index (χ0v) is 13.5. The maximum Gasteiger partial charge on any atom is 0.261 e. The van der Waals surface area contributed by atoms with Crippen molar-refractivity contribution in [1.29, 1.82) is 0 Å². The Hall–Kier alpha value is -2.34. The Morgan fingerprint density at radius 1 is 1.09 bits per heavy atom. The second-order valence-corrected chi connectivity index (χ2v) is 7.03. The molecule has 2 aromatic carbocycles. The Kier molecular flexibility index (Phi) is 3.41. The number of aryl methyl sites for hydroxylation is 3. The number of nitrogens with one attached hydrogen (secondary N) is 1. The van der Waals surface area contributed by atoms with Crippen molar-refractivity contribution in [2.75, 3.05) is 4.72 Å². The molecule has 5 nitrogen and oxygen atoms in total. The van der Waals surface area contributed by atoms with Gasteiger partial charge in [-0.1, -0.05) is 12.1 Å². The topological polar surface area (TPSA) is 64.0 Å². The van der Waals surface area contributed by atoms with Gasteiger partial charge in [0.15, 0.2) is 0 Å². The summed E-state index contributed by atoms with van der Waals surface area (Å²) in [7, 11) is -1.72. The fraction of sp³-hybridized carbons (Fsp3) is 0.188. The minimum absolute atomic E-state index is 0.208. The molecule has 0 radical (unpaired) electrons. The predicted octanol–water partition coefficient (Wildman–Crippen LogP) is 2.99. The molecule has 0 bridgehead atoms. The summed E-state index contributed by atoms with van der Waals surface area (Å²) in [6.45, 7) is 3.81. The van der Waals surface area contributed by atoms with E-state index in [2.05, 4.69) is 9.71 Å². The largest absolute Gasteiger partial charge is 0.331 e. The molecule has 114 valence electrons. The number of aromatic nitrogens is 2. The van der Waals surface area contributed by atoms with Crippen LogP contribution in [0.25, 0.3) is 11.0 Å². The summed E-state index contributed by atoms with van der Waals surface area (Å²) in [6, 6.07) is 12.2. The Labute approximate surface area is 129 Å². The van der Waals surface area contributed by atoms with Gasteiger partial charge in [0, 0.05) is 12.7 Å². The first-order valence-corrected chi connectivity index (χ1v) is 8.38. The first-order valence-electron chi connectivity index (χ1n) is 6.89. The number of hydrogen-bond acceptors (Lipinski definition) is 3. The van der Waals surface area contributed by atoms with Crippen LogP contribution in [-0.2, 0) is 17.1 Å². The minimum Gasteiger partial charge on any atom is -0.331 e. The van der Waals surface area contributed by atoms with Crippen LogP contribution in [0.4, 0.5) is 5.69 Å². The monoisotopic (exact) mass is 315 g/mol. The molecular formula is C16H17N3O2S. The van der Waals surface area contributed by atoms with Crippen molar-refractivity contribution in [1.82, 2.24) is 9.55 Å². The normalized spacial score (nSPS) is 11.8. The number of rotatable bonds is 3. The maximum atomic E-state index is 12.5. The molecule has 0 saturated carbocycles. The number of sulfonamides is 1. The number of benzene rings is 2. The van der Waals surface area contributed by atoms with E-state index in [0.29, 0.717) is 11.2 Å². The van der Waals surface area contributed by atoms with Gasteiger partial charge in [-0.3, -0.25) is 4.72 Å². The number of nitrogens with zero attached hydrogens (tertiary/aromatic N) is 2. The van der Waals surface area contributed by atoms with Crippen LogP contribution in [0.5, 0.6) is 0 Å². The van der Waals surface area contributed by atoms with Gasteiger partial charge in [0.25, 0.3) is 10.0 Å². The van der Waals surface area contributed by atoms with Gasteiger partial charge in [-0.05, 0) is 49.7 Å². The number of fused-ring (bicyclic) bond motifs is 1. The molecule has 0 spiro atoms. The van der Waals surface area contributed by atoms with Crippen molar-refractivity contribution in [3.8, 4) is 0 Å². The van der Waals surface area contributed by atoms with Crippen LogP contribution < -0.4 is 4.72 Å². The van der Waals surface area contributed by atoms with E-state index >= 15 is 0 Å². The predicted molar refractivity (Wildman–Crippen MR) is 87.4 cm³/mol. The quantitative estimate of drug-likeness (QED) is 0.808. The average molecular weight is 315 g/mol. The van der Waals surface area contributed by atoms with Gasteiger partial charge in [-0.25, -0.2) is 13.4 Å². The van der Waals surface area contributed by atoms with Gasteiger partial charge in [0.2, 0.25) is 0 Å². The van der Waals surface area contributed by atoms with Crippen molar-refractivity contribution >= 4 is 26.7 Å². The molecular weight excluding hydrogens is 298 g/mol. The lowest BCUT2D eigenvalue weighted by atomic mass is 10.2. The summed E-state index contributed by atoms with van der Waals surface area (Å²) < 4.78 is 29.5. The first kappa shape index (κ1) is 14.6. The Morgan fingerprint density at radius 2 is 1.86 bits per heavy atom. The van der Waals surface area contributed by atoms with Crippen molar-refractivity contribution in [2.45, 2.75) is 18.7 Å². The van der Waals surface area contributed by atoms with E-state index in [1.54, 1.807) is 30.3 Å². The molecule has 0 aliphatic carbocycles. The SMILES string of the molecule is Cc1cccc(NS(=O)(=O)c2ccc3c(c2)nc(C)n3C)c1. The van der Waals surface area contributed by atoms with Crippen LogP contribution in [-0.4, -0.2) is 18.0 Å². The van der Waals surface area contributed by atoms with Gasteiger partial charge >= 0.3 is 0 Å². The summed E-state index contributed by atoms with van der Waals surface area (Å²) in [6.07, 6.45) is 0. The molecule has 0 atom stereocenters. The lowest BCUT2D eigenvalue weighted by Crippen LogP contribution is -2.12. The molecule has 3 aromatic rings. The standard InChI is InChI=1S/C16H17N3O2S/c1-11-5-4-6-13(9-11)18-22(20,21)14-7-8-16-15(10-14)17-12(2)19(16)3/h4-10,18H,1-3H3. The van der Waals surface area contributed by atoms with E-state index in [0.717, 1.165) is 16.9 Å². The Bertz CT molecular complexity index is 959. The second-order valence-electron chi connectivity index (χ2n) is 5.34. The van der Waals surface area contributed by atoms with E-state index in [9.17, 15) is 8.42 Å². The molecule has 0 fully saturated rings. The van der Waals surface area contributed by atoms with E-state index in [4.69, 9.17) is 0 Å². The highest BCUT2D eigenvalue weighted by atomic mass is 32.2. The van der Waals surface area contributed by atoms with Crippen molar-refractivity contribution in [3.05, 3.63) is 53.9 Å². The van der Waals surface area contributed by atoms with Crippen LogP contribution in [0.3, 0.4) is 0 Å².